The summed E-state index contributed by atoms with van der Waals surface area (Å²) < 4.78 is 4.87. The molecule has 0 fully saturated rings. The van der Waals surface area contributed by atoms with Crippen molar-refractivity contribution in [1.29, 1.82) is 0 Å². The lowest BCUT2D eigenvalue weighted by atomic mass is 10.0. The van der Waals surface area contributed by atoms with Gasteiger partial charge in [-0.25, -0.2) is 0 Å². The molecule has 1 aromatic carbocycles. The van der Waals surface area contributed by atoms with Gasteiger partial charge < -0.3 is 4.42 Å². The molecule has 0 saturated carbocycles. The number of nitro groups is 1. The third kappa shape index (κ3) is 1.61. The highest BCUT2D eigenvalue weighted by Crippen LogP contribution is 2.32. The molecule has 0 bridgehead atoms. The molecule has 2 aromatic rings. The van der Waals surface area contributed by atoms with Crippen molar-refractivity contribution in [2.24, 2.45) is 0 Å². The SMILES string of the molecule is Cc1ccccc1-c1cocc1[N+](=O)[O-]. The van der Waals surface area contributed by atoms with Crippen molar-refractivity contribution in [3.63, 3.8) is 0 Å². The Morgan fingerprint density at radius 3 is 2.60 bits per heavy atom. The van der Waals surface area contributed by atoms with E-state index < -0.39 is 4.92 Å². The molecule has 1 heterocycles. The first-order chi connectivity index (χ1) is 7.20. The lowest BCUT2D eigenvalue weighted by molar-refractivity contribution is -0.384. The van der Waals surface area contributed by atoms with Crippen molar-refractivity contribution in [3.05, 3.63) is 52.5 Å². The minimum Gasteiger partial charge on any atom is -0.465 e. The van der Waals surface area contributed by atoms with E-state index in [0.29, 0.717) is 5.56 Å². The van der Waals surface area contributed by atoms with Crippen molar-refractivity contribution in [2.75, 3.05) is 0 Å². The zero-order valence-electron chi connectivity index (χ0n) is 8.14. The van der Waals surface area contributed by atoms with Crippen LogP contribution >= 0.6 is 0 Å². The molecule has 0 saturated heterocycles. The van der Waals surface area contributed by atoms with E-state index in [-0.39, 0.29) is 5.69 Å². The van der Waals surface area contributed by atoms with Crippen LogP contribution in [-0.2, 0) is 0 Å². The minimum atomic E-state index is -0.439. The fourth-order valence-electron chi connectivity index (χ4n) is 1.51. The Kier molecular flexibility index (Phi) is 2.25. The normalized spacial score (nSPS) is 10.2. The van der Waals surface area contributed by atoms with Crippen LogP contribution in [0.5, 0.6) is 0 Å². The Labute approximate surface area is 86.3 Å². The molecule has 15 heavy (non-hydrogen) atoms. The lowest BCUT2D eigenvalue weighted by Gasteiger charge is -2.01. The zero-order valence-corrected chi connectivity index (χ0v) is 8.14. The van der Waals surface area contributed by atoms with Gasteiger partial charge in [0, 0.05) is 0 Å². The quantitative estimate of drug-likeness (QED) is 0.556. The van der Waals surface area contributed by atoms with Crippen molar-refractivity contribution in [3.8, 4) is 11.1 Å². The molecule has 2 rings (SSSR count). The number of hydrogen-bond acceptors (Lipinski definition) is 3. The van der Waals surface area contributed by atoms with Gasteiger partial charge in [-0.15, -0.1) is 0 Å². The summed E-state index contributed by atoms with van der Waals surface area (Å²) in [4.78, 5) is 10.3. The second-order valence-electron chi connectivity index (χ2n) is 3.24. The maximum Gasteiger partial charge on any atom is 0.314 e. The minimum absolute atomic E-state index is 0.00398. The van der Waals surface area contributed by atoms with Gasteiger partial charge in [-0.05, 0) is 18.1 Å². The molecule has 76 valence electrons. The second kappa shape index (κ2) is 3.57. The molecule has 0 aliphatic rings. The fourth-order valence-corrected chi connectivity index (χ4v) is 1.51. The van der Waals surface area contributed by atoms with Crippen LogP contribution in [0.1, 0.15) is 5.56 Å². The summed E-state index contributed by atoms with van der Waals surface area (Å²) in [5.74, 6) is 0. The Balaban J connectivity index is 2.59. The molecule has 4 nitrogen and oxygen atoms in total. The van der Waals surface area contributed by atoms with Gasteiger partial charge in [-0.2, -0.15) is 0 Å². The topological polar surface area (TPSA) is 56.3 Å². The maximum absolute atomic E-state index is 10.7. The van der Waals surface area contributed by atoms with E-state index in [2.05, 4.69) is 0 Å². The predicted molar refractivity (Wildman–Crippen MR) is 55.5 cm³/mol. The maximum atomic E-state index is 10.7. The standard InChI is InChI=1S/C11H9NO3/c1-8-4-2-3-5-9(8)10-6-15-7-11(10)12(13)14/h2-7H,1H3. The predicted octanol–water partition coefficient (Wildman–Crippen LogP) is 3.16. The van der Waals surface area contributed by atoms with Crippen LogP contribution in [0.2, 0.25) is 0 Å². The molecule has 4 heteroatoms. The van der Waals surface area contributed by atoms with Crippen LogP contribution in [0.25, 0.3) is 11.1 Å². The highest BCUT2D eigenvalue weighted by molar-refractivity contribution is 5.74. The van der Waals surface area contributed by atoms with E-state index in [0.717, 1.165) is 17.4 Å². The van der Waals surface area contributed by atoms with Gasteiger partial charge in [0.05, 0.1) is 10.5 Å². The second-order valence-corrected chi connectivity index (χ2v) is 3.24. The van der Waals surface area contributed by atoms with Crippen molar-refractivity contribution in [1.82, 2.24) is 0 Å². The van der Waals surface area contributed by atoms with Gasteiger partial charge in [0.1, 0.15) is 6.26 Å². The van der Waals surface area contributed by atoms with Gasteiger partial charge in [-0.3, -0.25) is 10.1 Å². The summed E-state index contributed by atoms with van der Waals surface area (Å²) in [6.45, 7) is 1.91. The third-order valence-corrected chi connectivity index (χ3v) is 2.27. The third-order valence-electron chi connectivity index (χ3n) is 2.27. The highest BCUT2D eigenvalue weighted by atomic mass is 16.6. The van der Waals surface area contributed by atoms with Gasteiger partial charge >= 0.3 is 5.69 Å². The molecule has 0 amide bonds. The van der Waals surface area contributed by atoms with Crippen molar-refractivity contribution >= 4 is 5.69 Å². The Hall–Kier alpha value is -2.10. The smallest absolute Gasteiger partial charge is 0.314 e. The molecule has 0 radical (unpaired) electrons. The van der Waals surface area contributed by atoms with E-state index in [9.17, 15) is 10.1 Å². The van der Waals surface area contributed by atoms with Crippen LogP contribution in [-0.4, -0.2) is 4.92 Å². The number of hydrogen-bond donors (Lipinski definition) is 0. The number of rotatable bonds is 2. The summed E-state index contributed by atoms with van der Waals surface area (Å²) >= 11 is 0. The Morgan fingerprint density at radius 2 is 1.93 bits per heavy atom. The molecule has 0 aliphatic heterocycles. The summed E-state index contributed by atoms with van der Waals surface area (Å²) in [5.41, 5.74) is 2.35. The number of aryl methyl sites for hydroxylation is 1. The first-order valence-electron chi connectivity index (χ1n) is 4.46. The largest absolute Gasteiger partial charge is 0.465 e. The van der Waals surface area contributed by atoms with E-state index in [1.165, 1.54) is 6.26 Å². The van der Waals surface area contributed by atoms with Crippen LogP contribution in [0.3, 0.4) is 0 Å². The molecule has 0 atom stereocenters. The fraction of sp³-hybridized carbons (Fsp3) is 0.0909. The van der Waals surface area contributed by atoms with Crippen molar-refractivity contribution in [2.45, 2.75) is 6.92 Å². The summed E-state index contributed by atoms with van der Waals surface area (Å²) in [7, 11) is 0. The molecule has 0 aliphatic carbocycles. The average molecular weight is 203 g/mol. The summed E-state index contributed by atoms with van der Waals surface area (Å²) in [5, 5.41) is 10.7. The lowest BCUT2D eigenvalue weighted by Crippen LogP contribution is -1.89. The molecule has 0 spiro atoms. The van der Waals surface area contributed by atoms with Gasteiger partial charge in [-0.1, -0.05) is 24.3 Å². The number of nitrogens with zero attached hydrogens (tertiary/aromatic N) is 1. The first-order valence-corrected chi connectivity index (χ1v) is 4.46. The van der Waals surface area contributed by atoms with Gasteiger partial charge in [0.25, 0.3) is 0 Å². The molecular formula is C11H9NO3. The van der Waals surface area contributed by atoms with Crippen LogP contribution in [0.15, 0.2) is 41.2 Å². The van der Waals surface area contributed by atoms with Crippen LogP contribution < -0.4 is 0 Å². The van der Waals surface area contributed by atoms with Crippen LogP contribution in [0.4, 0.5) is 5.69 Å². The molecule has 0 unspecified atom stereocenters. The highest BCUT2D eigenvalue weighted by Gasteiger charge is 2.18. The van der Waals surface area contributed by atoms with E-state index in [1.807, 2.05) is 31.2 Å². The molecule has 1 aromatic heterocycles. The van der Waals surface area contributed by atoms with Gasteiger partial charge in [0.15, 0.2) is 6.26 Å². The van der Waals surface area contributed by atoms with E-state index in [4.69, 9.17) is 4.42 Å². The Morgan fingerprint density at radius 1 is 1.20 bits per heavy atom. The first kappa shape index (κ1) is 9.45. The van der Waals surface area contributed by atoms with Crippen molar-refractivity contribution < 1.29 is 9.34 Å². The summed E-state index contributed by atoms with van der Waals surface area (Å²) in [6, 6.07) is 7.49. The van der Waals surface area contributed by atoms with Gasteiger partial charge in [0.2, 0.25) is 0 Å². The molecular weight excluding hydrogens is 194 g/mol. The number of benzene rings is 1. The average Bonchev–Trinajstić information content (AvgIpc) is 2.67. The molecule has 0 N–H and O–H groups in total. The zero-order chi connectivity index (χ0) is 10.8. The Bertz CT molecular complexity index is 502. The van der Waals surface area contributed by atoms with E-state index >= 15 is 0 Å². The monoisotopic (exact) mass is 203 g/mol. The number of furan rings is 1. The summed E-state index contributed by atoms with van der Waals surface area (Å²) in [6.07, 6.45) is 2.56. The van der Waals surface area contributed by atoms with E-state index in [1.54, 1.807) is 0 Å². The van der Waals surface area contributed by atoms with Crippen LogP contribution in [0, 0.1) is 17.0 Å².